The van der Waals surface area contributed by atoms with Crippen LogP contribution < -0.4 is 0 Å². The molecule has 0 N–H and O–H groups in total. The van der Waals surface area contributed by atoms with E-state index in [1.165, 1.54) is 12.8 Å². The van der Waals surface area contributed by atoms with Crippen molar-refractivity contribution in [1.29, 1.82) is 0 Å². The summed E-state index contributed by atoms with van der Waals surface area (Å²) in [6, 6.07) is 0. The molecule has 1 heteroatoms. The molecule has 0 aromatic heterocycles. The fourth-order valence-electron chi connectivity index (χ4n) is 0.865. The highest BCUT2D eigenvalue weighted by Gasteiger charge is 1.86. The average Bonchev–Trinajstić information content (AvgIpc) is 2.09. The zero-order valence-electron chi connectivity index (χ0n) is 8.15. The lowest BCUT2D eigenvalue weighted by molar-refractivity contribution is 0.946. The molecule has 0 aromatic rings. The summed E-state index contributed by atoms with van der Waals surface area (Å²) in [7, 11) is 0. The van der Waals surface area contributed by atoms with Crippen LogP contribution in [0, 0.1) is 0 Å². The maximum absolute atomic E-state index is 5.95. The summed E-state index contributed by atoms with van der Waals surface area (Å²) in [5, 5.41) is 0.976. The van der Waals surface area contributed by atoms with Crippen LogP contribution in [0.1, 0.15) is 46.0 Å². The molecule has 0 heterocycles. The molecule has 0 atom stereocenters. The largest absolute Gasteiger partial charge is 0.0892 e. The number of unbranched alkanes of at least 4 members (excludes halogenated alkanes) is 2. The number of allylic oxidation sites excluding steroid dienone is 4. The number of halogens is 1. The molecular formula is C11H19Cl. The standard InChI is InChI=1S/C11H19Cl/c1-3-5-7-8-10-11(12)9-6-4-2/h7-9H,3-6,10H2,1-2H3/b8-7+,11-9-. The molecule has 0 amide bonds. The van der Waals surface area contributed by atoms with Gasteiger partial charge in [0.05, 0.1) is 0 Å². The summed E-state index contributed by atoms with van der Waals surface area (Å²) in [6.07, 6.45) is 12.0. The fourth-order valence-corrected chi connectivity index (χ4v) is 1.06. The summed E-state index contributed by atoms with van der Waals surface area (Å²) >= 11 is 5.95. The minimum Gasteiger partial charge on any atom is -0.0892 e. The molecule has 0 fully saturated rings. The van der Waals surface area contributed by atoms with Gasteiger partial charge in [0.15, 0.2) is 0 Å². The number of rotatable bonds is 6. The molecule has 0 spiro atoms. The Balaban J connectivity index is 3.48. The molecule has 0 bridgehead atoms. The lowest BCUT2D eigenvalue weighted by Gasteiger charge is -1.92. The van der Waals surface area contributed by atoms with Crippen molar-refractivity contribution in [3.63, 3.8) is 0 Å². The molecule has 0 aliphatic heterocycles. The topological polar surface area (TPSA) is 0 Å². The molecule has 70 valence electrons. The minimum absolute atomic E-state index is 0.904. The number of hydrogen-bond acceptors (Lipinski definition) is 0. The summed E-state index contributed by atoms with van der Waals surface area (Å²) in [5.41, 5.74) is 0. The quantitative estimate of drug-likeness (QED) is 0.530. The van der Waals surface area contributed by atoms with Gasteiger partial charge in [-0.3, -0.25) is 0 Å². The van der Waals surface area contributed by atoms with Crippen LogP contribution in [0.25, 0.3) is 0 Å². The Kier molecular flexibility index (Phi) is 8.69. The Hall–Kier alpha value is -0.230. The highest BCUT2D eigenvalue weighted by atomic mass is 35.5. The molecule has 0 aliphatic rings. The lowest BCUT2D eigenvalue weighted by Crippen LogP contribution is -1.70. The second-order valence-electron chi connectivity index (χ2n) is 2.90. The van der Waals surface area contributed by atoms with Crippen molar-refractivity contribution < 1.29 is 0 Å². The van der Waals surface area contributed by atoms with Gasteiger partial charge >= 0.3 is 0 Å². The van der Waals surface area contributed by atoms with Crippen molar-refractivity contribution in [1.82, 2.24) is 0 Å². The van der Waals surface area contributed by atoms with Gasteiger partial charge in [0.1, 0.15) is 0 Å². The summed E-state index contributed by atoms with van der Waals surface area (Å²) in [5.74, 6) is 0. The first-order valence-corrected chi connectivity index (χ1v) is 5.18. The lowest BCUT2D eigenvalue weighted by atomic mass is 10.2. The fraction of sp³-hybridized carbons (Fsp3) is 0.636. The normalized spacial score (nSPS) is 12.8. The van der Waals surface area contributed by atoms with Crippen molar-refractivity contribution in [3.8, 4) is 0 Å². The molecule has 0 saturated heterocycles. The van der Waals surface area contributed by atoms with E-state index in [1.54, 1.807) is 0 Å². The third-order valence-corrected chi connectivity index (χ3v) is 1.90. The van der Waals surface area contributed by atoms with Gasteiger partial charge in [-0.2, -0.15) is 0 Å². The van der Waals surface area contributed by atoms with Crippen LogP contribution in [-0.4, -0.2) is 0 Å². The van der Waals surface area contributed by atoms with Crippen molar-refractivity contribution in [2.24, 2.45) is 0 Å². The van der Waals surface area contributed by atoms with Crippen LogP contribution in [0.15, 0.2) is 23.3 Å². The first kappa shape index (κ1) is 11.8. The maximum atomic E-state index is 5.95. The second kappa shape index (κ2) is 8.86. The Morgan fingerprint density at radius 1 is 1.08 bits per heavy atom. The van der Waals surface area contributed by atoms with E-state index in [0.29, 0.717) is 0 Å². The van der Waals surface area contributed by atoms with Gasteiger partial charge in [0.25, 0.3) is 0 Å². The van der Waals surface area contributed by atoms with Crippen molar-refractivity contribution >= 4 is 11.6 Å². The number of hydrogen-bond donors (Lipinski definition) is 0. The minimum atomic E-state index is 0.904. The van der Waals surface area contributed by atoms with Crippen LogP contribution >= 0.6 is 11.6 Å². The zero-order valence-corrected chi connectivity index (χ0v) is 8.90. The summed E-state index contributed by atoms with van der Waals surface area (Å²) < 4.78 is 0. The molecule has 0 rings (SSSR count). The van der Waals surface area contributed by atoms with Crippen LogP contribution in [0.5, 0.6) is 0 Å². The third-order valence-electron chi connectivity index (χ3n) is 1.59. The van der Waals surface area contributed by atoms with E-state index >= 15 is 0 Å². The third kappa shape index (κ3) is 7.87. The average molecular weight is 187 g/mol. The van der Waals surface area contributed by atoms with Crippen LogP contribution in [-0.2, 0) is 0 Å². The molecule has 0 radical (unpaired) electrons. The Bertz CT molecular complexity index is 145. The van der Waals surface area contributed by atoms with Crippen LogP contribution in [0.2, 0.25) is 0 Å². The Labute approximate surface area is 81.3 Å². The molecule has 0 unspecified atom stereocenters. The Morgan fingerprint density at radius 3 is 2.33 bits per heavy atom. The zero-order chi connectivity index (χ0) is 9.23. The van der Waals surface area contributed by atoms with Crippen molar-refractivity contribution in [3.05, 3.63) is 23.3 Å². The summed E-state index contributed by atoms with van der Waals surface area (Å²) in [4.78, 5) is 0. The monoisotopic (exact) mass is 186 g/mol. The molecule has 0 aliphatic carbocycles. The van der Waals surface area contributed by atoms with Crippen LogP contribution in [0.3, 0.4) is 0 Å². The molecular weight excluding hydrogens is 168 g/mol. The van der Waals surface area contributed by atoms with Gasteiger partial charge in [-0.25, -0.2) is 0 Å². The smallest absolute Gasteiger partial charge is 0.0178 e. The highest BCUT2D eigenvalue weighted by Crippen LogP contribution is 2.10. The Morgan fingerprint density at radius 2 is 1.75 bits per heavy atom. The van der Waals surface area contributed by atoms with E-state index < -0.39 is 0 Å². The predicted molar refractivity (Wildman–Crippen MR) is 57.5 cm³/mol. The SMILES string of the molecule is CCC/C=C(\Cl)C/C=C/CCC. The van der Waals surface area contributed by atoms with E-state index in [2.05, 4.69) is 32.1 Å². The van der Waals surface area contributed by atoms with Gasteiger partial charge in [-0.05, 0) is 12.8 Å². The molecule has 0 saturated carbocycles. The molecule has 0 nitrogen and oxygen atoms in total. The first-order valence-electron chi connectivity index (χ1n) is 4.80. The van der Waals surface area contributed by atoms with Gasteiger partial charge in [-0.15, -0.1) is 0 Å². The van der Waals surface area contributed by atoms with Gasteiger partial charge in [0.2, 0.25) is 0 Å². The van der Waals surface area contributed by atoms with Crippen molar-refractivity contribution in [2.75, 3.05) is 0 Å². The highest BCUT2D eigenvalue weighted by molar-refractivity contribution is 6.29. The van der Waals surface area contributed by atoms with Crippen LogP contribution in [0.4, 0.5) is 0 Å². The van der Waals surface area contributed by atoms with Gasteiger partial charge in [-0.1, -0.05) is 56.5 Å². The predicted octanol–water partition coefficient (Wildman–Crippen LogP) is 4.66. The van der Waals surface area contributed by atoms with E-state index in [-0.39, 0.29) is 0 Å². The molecule has 12 heavy (non-hydrogen) atoms. The second-order valence-corrected chi connectivity index (χ2v) is 3.39. The van der Waals surface area contributed by atoms with E-state index in [1.807, 2.05) is 0 Å². The van der Waals surface area contributed by atoms with E-state index in [9.17, 15) is 0 Å². The van der Waals surface area contributed by atoms with Crippen molar-refractivity contribution in [2.45, 2.75) is 46.0 Å². The van der Waals surface area contributed by atoms with Gasteiger partial charge < -0.3 is 0 Å². The summed E-state index contributed by atoms with van der Waals surface area (Å²) in [6.45, 7) is 4.34. The van der Waals surface area contributed by atoms with Gasteiger partial charge in [0, 0.05) is 11.5 Å². The van der Waals surface area contributed by atoms with E-state index in [0.717, 1.165) is 24.3 Å². The maximum Gasteiger partial charge on any atom is 0.0178 e. The molecule has 0 aromatic carbocycles. The van der Waals surface area contributed by atoms with E-state index in [4.69, 9.17) is 11.6 Å². The first-order chi connectivity index (χ1) is 5.81.